The van der Waals surface area contributed by atoms with Gasteiger partial charge in [-0.05, 0) is 77.7 Å². The van der Waals surface area contributed by atoms with Crippen LogP contribution in [0.1, 0.15) is 56.2 Å². The van der Waals surface area contributed by atoms with Gasteiger partial charge in [0.2, 0.25) is 5.91 Å². The van der Waals surface area contributed by atoms with E-state index >= 15 is 0 Å². The fourth-order valence-corrected chi connectivity index (χ4v) is 4.35. The van der Waals surface area contributed by atoms with Crippen LogP contribution in [0.25, 0.3) is 0 Å². The summed E-state index contributed by atoms with van der Waals surface area (Å²) < 4.78 is 1.15. The Morgan fingerprint density at radius 3 is 2.35 bits per heavy atom. The summed E-state index contributed by atoms with van der Waals surface area (Å²) in [4.78, 5) is 22.3. The molecular formula is C25H31IN4O. The van der Waals surface area contributed by atoms with Crippen molar-refractivity contribution < 1.29 is 4.79 Å². The maximum atomic E-state index is 12.8. The van der Waals surface area contributed by atoms with Gasteiger partial charge in [-0.25, -0.2) is 0 Å². The van der Waals surface area contributed by atoms with Crippen molar-refractivity contribution in [1.82, 2.24) is 5.32 Å². The number of hydrogen-bond donors (Lipinski definition) is 2. The molecule has 5 nitrogen and oxygen atoms in total. The van der Waals surface area contributed by atoms with Crippen LogP contribution in [0.3, 0.4) is 0 Å². The zero-order chi connectivity index (χ0) is 22.2. The number of nitrogens with one attached hydrogen (secondary N) is 1. The molecule has 1 saturated carbocycles. The number of hydrogen-bond acceptors (Lipinski definition) is 4. The van der Waals surface area contributed by atoms with Crippen molar-refractivity contribution in [1.29, 1.82) is 0 Å². The van der Waals surface area contributed by atoms with E-state index in [4.69, 9.17) is 10.7 Å². The van der Waals surface area contributed by atoms with Gasteiger partial charge in [0.1, 0.15) is 5.84 Å². The van der Waals surface area contributed by atoms with Crippen molar-refractivity contribution in [2.45, 2.75) is 51.5 Å². The Labute approximate surface area is 198 Å². The van der Waals surface area contributed by atoms with Gasteiger partial charge in [0, 0.05) is 22.2 Å². The predicted molar refractivity (Wildman–Crippen MR) is 138 cm³/mol. The number of aliphatic imine (C=N–C) groups is 2. The quantitative estimate of drug-likeness (QED) is 0.229. The first-order chi connectivity index (χ1) is 15.0. The second-order valence-electron chi connectivity index (χ2n) is 8.12. The Morgan fingerprint density at radius 2 is 1.74 bits per heavy atom. The lowest BCUT2D eigenvalue weighted by molar-refractivity contribution is -0.119. The normalized spacial score (nSPS) is 16.7. The fraction of sp³-hybridized carbons (Fsp3) is 0.400. The Morgan fingerprint density at radius 1 is 1.10 bits per heavy atom. The smallest absolute Gasteiger partial charge is 0.229 e. The highest BCUT2D eigenvalue weighted by molar-refractivity contribution is 14.1. The molecule has 0 heterocycles. The average molecular weight is 530 g/mol. The summed E-state index contributed by atoms with van der Waals surface area (Å²) in [6.07, 6.45) is 6.12. The summed E-state index contributed by atoms with van der Waals surface area (Å²) in [7, 11) is 1.73. The molecule has 1 atom stereocenters. The number of carbonyl (C=O) groups excluding carboxylic acids is 1. The lowest BCUT2D eigenvalue weighted by Crippen LogP contribution is -2.41. The number of nitrogen functional groups attached to an aromatic ring is 1. The number of halogens is 1. The first-order valence-electron chi connectivity index (χ1n) is 10.9. The van der Waals surface area contributed by atoms with Gasteiger partial charge in [-0.15, -0.1) is 0 Å². The summed E-state index contributed by atoms with van der Waals surface area (Å²) in [5, 5.41) is 3.05. The second-order valence-corrected chi connectivity index (χ2v) is 9.36. The van der Waals surface area contributed by atoms with E-state index in [9.17, 15) is 4.79 Å². The number of nitrogens with zero attached hydrogens (tertiary/aromatic N) is 2. The molecule has 3 rings (SSSR count). The number of benzene rings is 2. The third kappa shape index (κ3) is 6.89. The minimum Gasteiger partial charge on any atom is -0.399 e. The molecule has 0 aliphatic heterocycles. The molecule has 0 bridgehead atoms. The number of amides is 1. The molecule has 0 radical (unpaired) electrons. The van der Waals surface area contributed by atoms with Gasteiger partial charge in [0.25, 0.3) is 0 Å². The topological polar surface area (TPSA) is 79.8 Å². The molecule has 6 heteroatoms. The van der Waals surface area contributed by atoms with Crippen molar-refractivity contribution in [3.05, 3.63) is 63.2 Å². The molecule has 1 amide bonds. The molecule has 164 valence electrons. The van der Waals surface area contributed by atoms with Gasteiger partial charge in [0.15, 0.2) is 0 Å². The van der Waals surface area contributed by atoms with Crippen LogP contribution in [0.5, 0.6) is 0 Å². The summed E-state index contributed by atoms with van der Waals surface area (Å²) in [5.41, 5.74) is 9.59. The molecule has 2 aromatic rings. The maximum absolute atomic E-state index is 12.8. The Balaban J connectivity index is 1.81. The number of rotatable bonds is 6. The van der Waals surface area contributed by atoms with E-state index in [2.05, 4.69) is 39.8 Å². The molecule has 1 unspecified atom stereocenters. The van der Waals surface area contributed by atoms with E-state index < -0.39 is 0 Å². The van der Waals surface area contributed by atoms with Crippen LogP contribution in [0.2, 0.25) is 0 Å². The molecule has 3 N–H and O–H groups in total. The van der Waals surface area contributed by atoms with Crippen LogP contribution in [-0.2, 0) is 11.2 Å². The highest BCUT2D eigenvalue weighted by Gasteiger charge is 2.25. The summed E-state index contributed by atoms with van der Waals surface area (Å²) in [5.74, 6) is 0.859. The molecule has 0 saturated heterocycles. The predicted octanol–water partition coefficient (Wildman–Crippen LogP) is 5.34. The van der Waals surface area contributed by atoms with E-state index in [0.717, 1.165) is 38.9 Å². The summed E-state index contributed by atoms with van der Waals surface area (Å²) >= 11 is 2.26. The van der Waals surface area contributed by atoms with E-state index in [0.29, 0.717) is 18.2 Å². The van der Waals surface area contributed by atoms with Crippen LogP contribution in [0, 0.1) is 9.49 Å². The van der Waals surface area contributed by atoms with Crippen molar-refractivity contribution in [2.75, 3.05) is 12.8 Å². The number of nitrogens with two attached hydrogens (primary N) is 1. The highest BCUT2D eigenvalue weighted by atomic mass is 127. The van der Waals surface area contributed by atoms with Gasteiger partial charge in [-0.1, -0.05) is 43.5 Å². The first-order valence-corrected chi connectivity index (χ1v) is 12.0. The molecule has 1 aliphatic carbocycles. The van der Waals surface area contributed by atoms with Crippen LogP contribution >= 0.6 is 22.6 Å². The summed E-state index contributed by atoms with van der Waals surface area (Å²) in [6.45, 7) is 2.08. The monoisotopic (exact) mass is 530 g/mol. The first kappa shape index (κ1) is 23.4. The number of anilines is 1. The van der Waals surface area contributed by atoms with Gasteiger partial charge in [0.05, 0.1) is 18.2 Å². The van der Waals surface area contributed by atoms with Crippen molar-refractivity contribution in [3.63, 3.8) is 0 Å². The van der Waals surface area contributed by atoms with E-state index in [1.54, 1.807) is 7.05 Å². The van der Waals surface area contributed by atoms with Crippen molar-refractivity contribution >= 4 is 45.7 Å². The largest absolute Gasteiger partial charge is 0.399 e. The van der Waals surface area contributed by atoms with Crippen LogP contribution in [0.4, 0.5) is 5.69 Å². The molecule has 0 spiro atoms. The van der Waals surface area contributed by atoms with Gasteiger partial charge in [-0.3, -0.25) is 14.8 Å². The van der Waals surface area contributed by atoms with Crippen molar-refractivity contribution in [2.24, 2.45) is 15.9 Å². The zero-order valence-corrected chi connectivity index (χ0v) is 20.4. The molecule has 1 aliphatic rings. The van der Waals surface area contributed by atoms with Gasteiger partial charge >= 0.3 is 0 Å². The molecule has 1 fully saturated rings. The van der Waals surface area contributed by atoms with Crippen LogP contribution in [0.15, 0.2) is 58.5 Å². The lowest BCUT2D eigenvalue weighted by Gasteiger charge is -2.25. The second kappa shape index (κ2) is 11.4. The van der Waals surface area contributed by atoms with Gasteiger partial charge in [-0.2, -0.15) is 0 Å². The SMILES string of the molecule is C/N=C(NC(=O)Cc1ccc(I)cc1)\C(=N/C(C)c1ccc(N)cc1)C1CCCCC1. The zero-order valence-electron chi connectivity index (χ0n) is 18.3. The van der Waals surface area contributed by atoms with Crippen LogP contribution < -0.4 is 11.1 Å². The third-order valence-electron chi connectivity index (χ3n) is 5.75. The number of carbonyl (C=O) groups is 1. The highest BCUT2D eigenvalue weighted by Crippen LogP contribution is 2.28. The molecule has 2 aromatic carbocycles. The van der Waals surface area contributed by atoms with Crippen molar-refractivity contribution in [3.8, 4) is 0 Å². The Hall–Kier alpha value is -2.22. The van der Waals surface area contributed by atoms with E-state index in [1.807, 2.05) is 48.5 Å². The van der Waals surface area contributed by atoms with Gasteiger partial charge < -0.3 is 11.1 Å². The Bertz CT molecular complexity index is 929. The minimum absolute atomic E-state index is 0.0395. The lowest BCUT2D eigenvalue weighted by atomic mass is 9.85. The standard InChI is InChI=1S/C25H31IN4O/c1-17(19-10-14-22(27)15-11-19)29-24(20-6-4-3-5-7-20)25(28-2)30-23(31)16-18-8-12-21(26)13-9-18/h8-15,17,20H,3-7,16,27H2,1-2H3,(H,28,30,31)/b29-24-. The third-order valence-corrected chi connectivity index (χ3v) is 6.46. The molecule has 31 heavy (non-hydrogen) atoms. The molecular weight excluding hydrogens is 499 g/mol. The maximum Gasteiger partial charge on any atom is 0.229 e. The summed E-state index contributed by atoms with van der Waals surface area (Å²) in [6, 6.07) is 15.8. The fourth-order valence-electron chi connectivity index (χ4n) is 3.99. The minimum atomic E-state index is -0.0644. The van der Waals surface area contributed by atoms with E-state index in [1.165, 1.54) is 19.3 Å². The van der Waals surface area contributed by atoms with E-state index in [-0.39, 0.29) is 11.9 Å². The number of amidine groups is 1. The average Bonchev–Trinajstić information content (AvgIpc) is 2.78. The Kier molecular flexibility index (Phi) is 8.63. The van der Waals surface area contributed by atoms with Crippen LogP contribution in [-0.4, -0.2) is 24.5 Å². The molecule has 0 aromatic heterocycles.